The summed E-state index contributed by atoms with van der Waals surface area (Å²) in [6.07, 6.45) is 1.97. The molecule has 0 radical (unpaired) electrons. The molecule has 1 aliphatic heterocycles. The van der Waals surface area contributed by atoms with Crippen LogP contribution in [0.3, 0.4) is 0 Å². The Hall–Kier alpha value is -2.73. The molecule has 0 bridgehead atoms. The van der Waals surface area contributed by atoms with Gasteiger partial charge in [0.1, 0.15) is 11.9 Å². The molecule has 134 valence electrons. The molecule has 2 amide bonds. The van der Waals surface area contributed by atoms with Crippen LogP contribution in [0.5, 0.6) is 0 Å². The summed E-state index contributed by atoms with van der Waals surface area (Å²) >= 11 is 5.95. The second-order valence-electron chi connectivity index (χ2n) is 6.52. The van der Waals surface area contributed by atoms with Crippen LogP contribution in [0.15, 0.2) is 42.6 Å². The zero-order valence-corrected chi connectivity index (χ0v) is 15.2. The molecule has 0 saturated heterocycles. The monoisotopic (exact) mass is 371 g/mol. The highest BCUT2D eigenvalue weighted by Crippen LogP contribution is 2.34. The fourth-order valence-electron chi connectivity index (χ4n) is 2.97. The molecule has 7 heteroatoms. The Labute approximate surface area is 156 Å². The molecule has 1 aromatic carbocycles. The molecule has 2 aromatic rings. The first-order valence-electron chi connectivity index (χ1n) is 8.28. The van der Waals surface area contributed by atoms with Crippen molar-refractivity contribution in [2.75, 3.05) is 10.2 Å². The molecular formula is C19H18ClN3O3. The molecule has 1 aromatic heterocycles. The number of nitrogens with one attached hydrogen (secondary N) is 1. The topological polar surface area (TPSA) is 79.4 Å². The summed E-state index contributed by atoms with van der Waals surface area (Å²) in [5.74, 6) is -1.23. The largest absolute Gasteiger partial charge is 0.309 e. The molecule has 1 N–H and O–H groups in total. The molecule has 2 heterocycles. The van der Waals surface area contributed by atoms with Crippen molar-refractivity contribution in [3.05, 3.63) is 53.2 Å². The van der Waals surface area contributed by atoms with Gasteiger partial charge in [0, 0.05) is 11.2 Å². The summed E-state index contributed by atoms with van der Waals surface area (Å²) in [6.45, 7) is 3.90. The van der Waals surface area contributed by atoms with Gasteiger partial charge in [-0.2, -0.15) is 0 Å². The number of hydrogen-bond donors (Lipinski definition) is 1. The smallest absolute Gasteiger partial charge is 0.300 e. The highest BCUT2D eigenvalue weighted by Gasteiger charge is 2.42. The van der Waals surface area contributed by atoms with Gasteiger partial charge in [0.15, 0.2) is 0 Å². The van der Waals surface area contributed by atoms with Gasteiger partial charge in [-0.15, -0.1) is 0 Å². The van der Waals surface area contributed by atoms with Crippen molar-refractivity contribution in [1.82, 2.24) is 4.98 Å². The summed E-state index contributed by atoms with van der Waals surface area (Å²) in [6, 6.07) is 8.99. The lowest BCUT2D eigenvalue weighted by Crippen LogP contribution is -2.47. The van der Waals surface area contributed by atoms with Crippen LogP contribution in [-0.2, 0) is 9.59 Å². The number of hydrogen-bond acceptors (Lipinski definition) is 4. The van der Waals surface area contributed by atoms with E-state index in [1.807, 2.05) is 13.8 Å². The first kappa shape index (κ1) is 18.1. The summed E-state index contributed by atoms with van der Waals surface area (Å²) in [4.78, 5) is 43.2. The van der Waals surface area contributed by atoms with E-state index in [1.54, 1.807) is 36.5 Å². The van der Waals surface area contributed by atoms with Crippen molar-refractivity contribution in [1.29, 1.82) is 0 Å². The lowest BCUT2D eigenvalue weighted by molar-refractivity contribution is -0.121. The van der Waals surface area contributed by atoms with Gasteiger partial charge in [0.2, 0.25) is 5.91 Å². The third kappa shape index (κ3) is 3.46. The predicted molar refractivity (Wildman–Crippen MR) is 99.4 cm³/mol. The van der Waals surface area contributed by atoms with E-state index in [-0.39, 0.29) is 17.4 Å². The van der Waals surface area contributed by atoms with Crippen LogP contribution in [0.1, 0.15) is 30.6 Å². The van der Waals surface area contributed by atoms with Gasteiger partial charge in [-0.05, 0) is 42.7 Å². The van der Waals surface area contributed by atoms with E-state index >= 15 is 0 Å². The third-order valence-electron chi connectivity index (χ3n) is 4.10. The number of anilines is 2. The molecule has 3 rings (SSSR count). The van der Waals surface area contributed by atoms with E-state index in [0.29, 0.717) is 22.9 Å². The van der Waals surface area contributed by atoms with E-state index in [1.165, 1.54) is 11.0 Å². The summed E-state index contributed by atoms with van der Waals surface area (Å²) in [5.41, 5.74) is 0.633. The summed E-state index contributed by atoms with van der Waals surface area (Å²) < 4.78 is 0. The van der Waals surface area contributed by atoms with Crippen LogP contribution < -0.4 is 10.2 Å². The van der Waals surface area contributed by atoms with Gasteiger partial charge in [-0.3, -0.25) is 19.3 Å². The van der Waals surface area contributed by atoms with Crippen LogP contribution in [0.2, 0.25) is 5.02 Å². The molecule has 6 nitrogen and oxygen atoms in total. The highest BCUT2D eigenvalue weighted by atomic mass is 35.5. The molecular weight excluding hydrogens is 354 g/mol. The number of ketones is 1. The first-order chi connectivity index (χ1) is 12.4. The number of halogens is 1. The number of carbonyl (C=O) groups excluding carboxylic acids is 3. The number of pyridine rings is 1. The minimum Gasteiger partial charge on any atom is -0.309 e. The highest BCUT2D eigenvalue weighted by molar-refractivity contribution is 6.53. The van der Waals surface area contributed by atoms with Crippen molar-refractivity contribution >= 4 is 40.7 Å². The van der Waals surface area contributed by atoms with E-state index < -0.39 is 17.7 Å². The number of benzene rings is 1. The Morgan fingerprint density at radius 1 is 1.23 bits per heavy atom. The van der Waals surface area contributed by atoms with Gasteiger partial charge in [-0.1, -0.05) is 31.5 Å². The molecule has 26 heavy (non-hydrogen) atoms. The standard InChI is InChI=1S/C19H18ClN3O3/c1-11(2)9-15(18(25)22-16-5-3-4-8-21-16)23-14-7-6-12(20)10-13(14)17(24)19(23)26/h3-8,10-11,15H,9H2,1-2H3,(H,21,22,25). The van der Waals surface area contributed by atoms with Crippen molar-refractivity contribution in [2.24, 2.45) is 5.92 Å². The lowest BCUT2D eigenvalue weighted by Gasteiger charge is -2.28. The van der Waals surface area contributed by atoms with Crippen LogP contribution >= 0.6 is 11.6 Å². The van der Waals surface area contributed by atoms with Gasteiger partial charge in [0.05, 0.1) is 11.3 Å². The summed E-state index contributed by atoms with van der Waals surface area (Å²) in [5, 5.41) is 3.09. The Bertz CT molecular complexity index is 868. The van der Waals surface area contributed by atoms with Gasteiger partial charge >= 0.3 is 0 Å². The SMILES string of the molecule is CC(C)CC(C(=O)Nc1ccccn1)N1C(=O)C(=O)c2cc(Cl)ccc21. The average Bonchev–Trinajstić information content (AvgIpc) is 2.84. The predicted octanol–water partition coefficient (Wildman–Crippen LogP) is 3.32. The zero-order valence-electron chi connectivity index (χ0n) is 14.4. The van der Waals surface area contributed by atoms with Gasteiger partial charge in [-0.25, -0.2) is 4.98 Å². The second-order valence-corrected chi connectivity index (χ2v) is 6.95. The fraction of sp³-hybridized carbons (Fsp3) is 0.263. The van der Waals surface area contributed by atoms with Crippen LogP contribution in [0.25, 0.3) is 0 Å². The zero-order chi connectivity index (χ0) is 18.8. The lowest BCUT2D eigenvalue weighted by atomic mass is 10.0. The molecule has 1 atom stereocenters. The maximum atomic E-state index is 12.9. The van der Waals surface area contributed by atoms with E-state index in [0.717, 1.165) is 0 Å². The second kappa shape index (κ2) is 7.25. The molecule has 1 aliphatic rings. The van der Waals surface area contributed by atoms with Crippen molar-refractivity contribution in [3.8, 4) is 0 Å². The van der Waals surface area contributed by atoms with Crippen molar-refractivity contribution in [3.63, 3.8) is 0 Å². The Kier molecular flexibility index (Phi) is 5.04. The van der Waals surface area contributed by atoms with Gasteiger partial charge in [0.25, 0.3) is 11.7 Å². The Morgan fingerprint density at radius 2 is 2.00 bits per heavy atom. The maximum absolute atomic E-state index is 12.9. The van der Waals surface area contributed by atoms with Crippen LogP contribution in [0, 0.1) is 5.92 Å². The summed E-state index contributed by atoms with van der Waals surface area (Å²) in [7, 11) is 0. The molecule has 0 fully saturated rings. The number of nitrogens with zero attached hydrogens (tertiary/aromatic N) is 2. The average molecular weight is 372 g/mol. The fourth-order valence-corrected chi connectivity index (χ4v) is 3.14. The van der Waals surface area contributed by atoms with Crippen molar-refractivity contribution in [2.45, 2.75) is 26.3 Å². The van der Waals surface area contributed by atoms with Gasteiger partial charge < -0.3 is 5.32 Å². The van der Waals surface area contributed by atoms with E-state index in [4.69, 9.17) is 11.6 Å². The number of rotatable bonds is 5. The third-order valence-corrected chi connectivity index (χ3v) is 4.34. The quantitative estimate of drug-likeness (QED) is 0.818. The normalized spacial score (nSPS) is 14.5. The number of fused-ring (bicyclic) bond motifs is 1. The molecule has 0 aliphatic carbocycles. The number of Topliss-reactive ketones (excluding diaryl/α,β-unsaturated/α-hetero) is 1. The number of carbonyl (C=O) groups is 3. The van der Waals surface area contributed by atoms with Crippen LogP contribution in [-0.4, -0.2) is 28.6 Å². The first-order valence-corrected chi connectivity index (χ1v) is 8.65. The maximum Gasteiger partial charge on any atom is 0.300 e. The number of aromatic nitrogens is 1. The molecule has 1 unspecified atom stereocenters. The Morgan fingerprint density at radius 3 is 2.65 bits per heavy atom. The Balaban J connectivity index is 1.97. The van der Waals surface area contributed by atoms with Crippen LogP contribution in [0.4, 0.5) is 11.5 Å². The minimum atomic E-state index is -0.823. The minimum absolute atomic E-state index is 0.133. The molecule has 0 saturated carbocycles. The number of amides is 2. The van der Waals surface area contributed by atoms with E-state index in [9.17, 15) is 14.4 Å². The van der Waals surface area contributed by atoms with Crippen molar-refractivity contribution < 1.29 is 14.4 Å². The van der Waals surface area contributed by atoms with E-state index in [2.05, 4.69) is 10.3 Å². The molecule has 0 spiro atoms.